The highest BCUT2D eigenvalue weighted by Gasteiger charge is 2.18. The molecule has 6 heteroatoms. The van der Waals surface area contributed by atoms with Crippen LogP contribution >= 0.6 is 22.9 Å². The number of hydrogen-bond acceptors (Lipinski definition) is 4. The van der Waals surface area contributed by atoms with Gasteiger partial charge in [0, 0.05) is 5.56 Å². The summed E-state index contributed by atoms with van der Waals surface area (Å²) in [6.45, 7) is 1.66. The standard InChI is InChI=1S/C14H12ClNO3S/c1-8(13(17)11-6-7-12(15)20-11)19-10-4-2-9(3-5-10)14(16)18/h2-8H,1H3,(H2,16,18). The Morgan fingerprint density at radius 3 is 2.35 bits per heavy atom. The van der Waals surface area contributed by atoms with E-state index >= 15 is 0 Å². The summed E-state index contributed by atoms with van der Waals surface area (Å²) < 4.78 is 6.10. The van der Waals surface area contributed by atoms with Gasteiger partial charge in [-0.15, -0.1) is 11.3 Å². The first-order chi connectivity index (χ1) is 9.47. The van der Waals surface area contributed by atoms with E-state index in [0.717, 1.165) is 0 Å². The smallest absolute Gasteiger partial charge is 0.248 e. The Morgan fingerprint density at radius 1 is 1.20 bits per heavy atom. The fourth-order valence-corrected chi connectivity index (χ4v) is 2.66. The molecule has 1 atom stereocenters. The summed E-state index contributed by atoms with van der Waals surface area (Å²) in [5.41, 5.74) is 5.54. The van der Waals surface area contributed by atoms with E-state index in [9.17, 15) is 9.59 Å². The summed E-state index contributed by atoms with van der Waals surface area (Å²) >= 11 is 7.01. The monoisotopic (exact) mass is 309 g/mol. The molecule has 1 unspecified atom stereocenters. The Kier molecular flexibility index (Phi) is 4.42. The highest BCUT2D eigenvalue weighted by Crippen LogP contribution is 2.24. The SMILES string of the molecule is CC(Oc1ccc(C(N)=O)cc1)C(=O)c1ccc(Cl)s1. The summed E-state index contributed by atoms with van der Waals surface area (Å²) in [6, 6.07) is 9.66. The predicted octanol–water partition coefficient (Wildman–Crippen LogP) is 3.15. The van der Waals surface area contributed by atoms with E-state index < -0.39 is 12.0 Å². The van der Waals surface area contributed by atoms with Crippen LogP contribution in [0, 0.1) is 0 Å². The largest absolute Gasteiger partial charge is 0.483 e. The van der Waals surface area contributed by atoms with Crippen LogP contribution in [-0.4, -0.2) is 17.8 Å². The van der Waals surface area contributed by atoms with Crippen LogP contribution in [0.2, 0.25) is 4.34 Å². The molecule has 1 aromatic carbocycles. The van der Waals surface area contributed by atoms with E-state index in [0.29, 0.717) is 20.5 Å². The second-order valence-electron chi connectivity index (χ2n) is 4.12. The van der Waals surface area contributed by atoms with Crippen molar-refractivity contribution >= 4 is 34.6 Å². The molecule has 0 saturated heterocycles. The number of amides is 1. The summed E-state index contributed by atoms with van der Waals surface area (Å²) in [6.07, 6.45) is -0.635. The van der Waals surface area contributed by atoms with Gasteiger partial charge in [-0.1, -0.05) is 11.6 Å². The van der Waals surface area contributed by atoms with Crippen molar-refractivity contribution in [2.24, 2.45) is 5.73 Å². The molecule has 0 saturated carbocycles. The number of carbonyl (C=O) groups excluding carboxylic acids is 2. The van der Waals surface area contributed by atoms with Crippen LogP contribution in [0.5, 0.6) is 5.75 Å². The Labute approximate surface area is 125 Å². The molecular formula is C14H12ClNO3S. The van der Waals surface area contributed by atoms with Gasteiger partial charge in [-0.05, 0) is 43.3 Å². The van der Waals surface area contributed by atoms with E-state index in [-0.39, 0.29) is 5.78 Å². The number of Topliss-reactive ketones (excluding diaryl/α,β-unsaturated/α-hetero) is 1. The molecule has 104 valence electrons. The molecule has 4 nitrogen and oxygen atoms in total. The lowest BCUT2D eigenvalue weighted by Crippen LogP contribution is -2.23. The Hall–Kier alpha value is -1.85. The molecule has 1 aromatic heterocycles. The summed E-state index contributed by atoms with van der Waals surface area (Å²) in [7, 11) is 0. The first-order valence-corrected chi connectivity index (χ1v) is 7.03. The number of hydrogen-bond donors (Lipinski definition) is 1. The second-order valence-corrected chi connectivity index (χ2v) is 5.83. The van der Waals surface area contributed by atoms with Gasteiger partial charge in [0.1, 0.15) is 5.75 Å². The maximum Gasteiger partial charge on any atom is 0.248 e. The van der Waals surface area contributed by atoms with Gasteiger partial charge in [0.25, 0.3) is 0 Å². The first-order valence-electron chi connectivity index (χ1n) is 5.83. The van der Waals surface area contributed by atoms with Crippen LogP contribution in [0.25, 0.3) is 0 Å². The van der Waals surface area contributed by atoms with Crippen LogP contribution in [0.3, 0.4) is 0 Å². The van der Waals surface area contributed by atoms with Gasteiger partial charge in [0.05, 0.1) is 9.21 Å². The molecule has 0 spiro atoms. The van der Waals surface area contributed by atoms with E-state index in [1.54, 1.807) is 43.3 Å². The molecular weight excluding hydrogens is 298 g/mol. The minimum Gasteiger partial charge on any atom is -0.483 e. The van der Waals surface area contributed by atoms with Gasteiger partial charge >= 0.3 is 0 Å². The summed E-state index contributed by atoms with van der Waals surface area (Å²) in [4.78, 5) is 23.6. The van der Waals surface area contributed by atoms with E-state index in [1.807, 2.05) is 0 Å². The average Bonchev–Trinajstić information content (AvgIpc) is 2.85. The normalized spacial score (nSPS) is 11.9. The molecule has 20 heavy (non-hydrogen) atoms. The molecule has 0 aliphatic carbocycles. The average molecular weight is 310 g/mol. The van der Waals surface area contributed by atoms with Gasteiger partial charge in [-0.2, -0.15) is 0 Å². The fraction of sp³-hybridized carbons (Fsp3) is 0.143. The van der Waals surface area contributed by atoms with E-state index in [2.05, 4.69) is 0 Å². The zero-order valence-corrected chi connectivity index (χ0v) is 12.2. The predicted molar refractivity (Wildman–Crippen MR) is 78.7 cm³/mol. The molecule has 0 radical (unpaired) electrons. The van der Waals surface area contributed by atoms with Crippen molar-refractivity contribution in [3.8, 4) is 5.75 Å². The number of halogens is 1. The molecule has 1 amide bonds. The number of thiophene rings is 1. The number of ether oxygens (including phenoxy) is 1. The number of benzene rings is 1. The molecule has 0 fully saturated rings. The number of primary amides is 1. The first kappa shape index (κ1) is 14.6. The van der Waals surface area contributed by atoms with Crippen molar-refractivity contribution in [3.63, 3.8) is 0 Å². The zero-order valence-electron chi connectivity index (χ0n) is 10.6. The van der Waals surface area contributed by atoms with Crippen LogP contribution in [0.4, 0.5) is 0 Å². The molecule has 0 aliphatic heterocycles. The highest BCUT2D eigenvalue weighted by molar-refractivity contribution is 7.18. The van der Waals surface area contributed by atoms with E-state index in [4.69, 9.17) is 22.1 Å². The number of ketones is 1. The van der Waals surface area contributed by atoms with Gasteiger partial charge in [-0.3, -0.25) is 9.59 Å². The third kappa shape index (κ3) is 3.37. The molecule has 2 aromatic rings. The number of nitrogens with two attached hydrogens (primary N) is 1. The lowest BCUT2D eigenvalue weighted by Gasteiger charge is -2.12. The third-order valence-electron chi connectivity index (χ3n) is 2.64. The Bertz CT molecular complexity index is 636. The minimum atomic E-state index is -0.635. The summed E-state index contributed by atoms with van der Waals surface area (Å²) in [5, 5.41) is 0. The fourth-order valence-electron chi connectivity index (χ4n) is 1.60. The molecule has 0 bridgehead atoms. The quantitative estimate of drug-likeness (QED) is 0.863. The van der Waals surface area contributed by atoms with Gasteiger partial charge in [0.2, 0.25) is 11.7 Å². The van der Waals surface area contributed by atoms with Gasteiger partial charge in [-0.25, -0.2) is 0 Å². The zero-order chi connectivity index (χ0) is 14.7. The maximum absolute atomic E-state index is 12.1. The van der Waals surface area contributed by atoms with E-state index in [1.165, 1.54) is 11.3 Å². The van der Waals surface area contributed by atoms with Crippen molar-refractivity contribution in [2.45, 2.75) is 13.0 Å². The Balaban J connectivity index is 2.05. The maximum atomic E-state index is 12.1. The van der Waals surface area contributed by atoms with Crippen LogP contribution in [0.1, 0.15) is 27.0 Å². The summed E-state index contributed by atoms with van der Waals surface area (Å²) in [5.74, 6) is -0.145. The lowest BCUT2D eigenvalue weighted by molar-refractivity contribution is 0.0822. The van der Waals surface area contributed by atoms with Crippen molar-refractivity contribution in [1.82, 2.24) is 0 Å². The lowest BCUT2D eigenvalue weighted by atomic mass is 10.2. The third-order valence-corrected chi connectivity index (χ3v) is 3.88. The van der Waals surface area contributed by atoms with Crippen molar-refractivity contribution in [1.29, 1.82) is 0 Å². The molecule has 2 N–H and O–H groups in total. The minimum absolute atomic E-state index is 0.138. The highest BCUT2D eigenvalue weighted by atomic mass is 35.5. The van der Waals surface area contributed by atoms with Gasteiger partial charge in [0.15, 0.2) is 6.10 Å². The second kappa shape index (κ2) is 6.07. The molecule has 0 aliphatic rings. The molecule has 1 heterocycles. The topological polar surface area (TPSA) is 69.4 Å². The molecule has 2 rings (SSSR count). The van der Waals surface area contributed by atoms with Crippen molar-refractivity contribution < 1.29 is 14.3 Å². The van der Waals surface area contributed by atoms with Crippen LogP contribution in [0.15, 0.2) is 36.4 Å². The van der Waals surface area contributed by atoms with Gasteiger partial charge < -0.3 is 10.5 Å². The van der Waals surface area contributed by atoms with Crippen LogP contribution < -0.4 is 10.5 Å². The Morgan fingerprint density at radius 2 is 1.85 bits per heavy atom. The number of rotatable bonds is 5. The van der Waals surface area contributed by atoms with Crippen LogP contribution in [-0.2, 0) is 0 Å². The van der Waals surface area contributed by atoms with Crippen molar-refractivity contribution in [2.75, 3.05) is 0 Å². The number of carbonyl (C=O) groups is 2. The van der Waals surface area contributed by atoms with Crippen molar-refractivity contribution in [3.05, 3.63) is 51.2 Å².